The van der Waals surface area contributed by atoms with E-state index in [0.29, 0.717) is 4.47 Å². The van der Waals surface area contributed by atoms with Crippen LogP contribution in [0.5, 0.6) is 0 Å². The van der Waals surface area contributed by atoms with Gasteiger partial charge in [0.15, 0.2) is 0 Å². The van der Waals surface area contributed by atoms with Gasteiger partial charge in [-0.3, -0.25) is 4.72 Å². The molecule has 102 valence electrons. The van der Waals surface area contributed by atoms with Gasteiger partial charge in [0.2, 0.25) is 0 Å². The fraction of sp³-hybridized carbons (Fsp3) is 0.250. The third kappa shape index (κ3) is 5.42. The molecule has 0 radical (unpaired) electrons. The first-order valence-corrected chi connectivity index (χ1v) is 7.04. The highest BCUT2D eigenvalue weighted by Crippen LogP contribution is 2.26. The Bertz CT molecular complexity index is 536. The van der Waals surface area contributed by atoms with Gasteiger partial charge in [-0.05, 0) is 18.2 Å². The molecular weight excluding hydrogens is 361 g/mol. The second-order valence-electron chi connectivity index (χ2n) is 3.17. The third-order valence-corrected chi connectivity index (χ3v) is 3.47. The summed E-state index contributed by atoms with van der Waals surface area (Å²) in [5, 5.41) is 0.0654. The normalized spacial score (nSPS) is 12.5. The van der Waals surface area contributed by atoms with Gasteiger partial charge >= 0.3 is 6.18 Å². The predicted molar refractivity (Wildman–Crippen MR) is 65.8 cm³/mol. The summed E-state index contributed by atoms with van der Waals surface area (Å²) in [6.45, 7) is -1.66. The van der Waals surface area contributed by atoms with Gasteiger partial charge in [0.25, 0.3) is 10.2 Å². The van der Waals surface area contributed by atoms with Crippen molar-refractivity contribution in [3.8, 4) is 0 Å². The van der Waals surface area contributed by atoms with Crippen molar-refractivity contribution in [1.82, 2.24) is 4.72 Å². The van der Waals surface area contributed by atoms with E-state index in [0.717, 1.165) is 0 Å². The number of anilines is 1. The smallest absolute Gasteiger partial charge is 0.270 e. The average Bonchev–Trinajstić information content (AvgIpc) is 2.20. The van der Waals surface area contributed by atoms with Gasteiger partial charge in [0.05, 0.1) is 10.7 Å². The number of hydrogen-bond donors (Lipinski definition) is 2. The van der Waals surface area contributed by atoms with Gasteiger partial charge in [-0.15, -0.1) is 0 Å². The Labute approximate surface area is 115 Å². The van der Waals surface area contributed by atoms with Gasteiger partial charge in [-0.25, -0.2) is 0 Å². The van der Waals surface area contributed by atoms with E-state index in [4.69, 9.17) is 11.6 Å². The van der Waals surface area contributed by atoms with Crippen molar-refractivity contribution in [2.45, 2.75) is 6.18 Å². The lowest BCUT2D eigenvalue weighted by molar-refractivity contribution is -0.121. The fourth-order valence-corrected chi connectivity index (χ4v) is 2.40. The summed E-state index contributed by atoms with van der Waals surface area (Å²) in [7, 11) is -4.33. The first kappa shape index (κ1) is 15.5. The van der Waals surface area contributed by atoms with Crippen molar-refractivity contribution in [3.05, 3.63) is 27.7 Å². The van der Waals surface area contributed by atoms with E-state index in [1.165, 1.54) is 16.9 Å². The lowest BCUT2D eigenvalue weighted by Gasteiger charge is -2.12. The topological polar surface area (TPSA) is 58.2 Å². The largest absolute Gasteiger partial charge is 0.402 e. The van der Waals surface area contributed by atoms with Crippen LogP contribution in [0.3, 0.4) is 0 Å². The van der Waals surface area contributed by atoms with Crippen molar-refractivity contribution in [2.75, 3.05) is 11.3 Å². The Morgan fingerprint density at radius 3 is 2.50 bits per heavy atom. The quantitative estimate of drug-likeness (QED) is 0.860. The second kappa shape index (κ2) is 5.64. The zero-order valence-electron chi connectivity index (χ0n) is 8.55. The summed E-state index contributed by atoms with van der Waals surface area (Å²) in [6, 6.07) is 4.28. The Morgan fingerprint density at radius 2 is 1.94 bits per heavy atom. The molecule has 0 aliphatic heterocycles. The average molecular weight is 368 g/mol. The van der Waals surface area contributed by atoms with Crippen molar-refractivity contribution in [2.24, 2.45) is 0 Å². The van der Waals surface area contributed by atoms with Crippen LogP contribution in [0, 0.1) is 0 Å². The minimum Gasteiger partial charge on any atom is -0.270 e. The van der Waals surface area contributed by atoms with E-state index in [1.54, 1.807) is 6.07 Å². The molecule has 1 rings (SSSR count). The number of alkyl halides is 3. The van der Waals surface area contributed by atoms with Gasteiger partial charge in [-0.1, -0.05) is 27.5 Å². The van der Waals surface area contributed by atoms with Crippen molar-refractivity contribution >= 4 is 43.4 Å². The second-order valence-corrected chi connectivity index (χ2v) is 5.99. The van der Waals surface area contributed by atoms with E-state index in [9.17, 15) is 21.6 Å². The standard InChI is InChI=1S/C8H7BrClF3N2O2S/c9-5-1-2-6(10)7(3-5)15-18(16,17)14-4-8(11,12)13/h1-3,14-15H,4H2. The van der Waals surface area contributed by atoms with Crippen LogP contribution in [0.15, 0.2) is 22.7 Å². The molecule has 0 saturated heterocycles. The first-order valence-electron chi connectivity index (χ1n) is 4.38. The van der Waals surface area contributed by atoms with Crippen LogP contribution in [-0.4, -0.2) is 21.1 Å². The van der Waals surface area contributed by atoms with Crippen molar-refractivity contribution in [3.63, 3.8) is 0 Å². The molecule has 0 saturated carbocycles. The number of nitrogens with one attached hydrogen (secondary N) is 2. The summed E-state index contributed by atoms with van der Waals surface area (Å²) >= 11 is 8.78. The van der Waals surface area contributed by atoms with Gasteiger partial charge in [0, 0.05) is 4.47 Å². The molecule has 0 fully saturated rings. The zero-order valence-corrected chi connectivity index (χ0v) is 11.7. The van der Waals surface area contributed by atoms with E-state index < -0.39 is 22.9 Å². The highest BCUT2D eigenvalue weighted by Gasteiger charge is 2.29. The maximum atomic E-state index is 11.9. The molecule has 2 N–H and O–H groups in total. The minimum absolute atomic E-state index is 0.0271. The highest BCUT2D eigenvalue weighted by molar-refractivity contribution is 9.10. The van der Waals surface area contributed by atoms with Crippen LogP contribution in [0.25, 0.3) is 0 Å². The van der Waals surface area contributed by atoms with E-state index >= 15 is 0 Å². The number of halogens is 5. The molecule has 0 spiro atoms. The lowest BCUT2D eigenvalue weighted by atomic mass is 10.3. The molecule has 0 heterocycles. The first-order chi connectivity index (χ1) is 8.09. The fourth-order valence-electron chi connectivity index (χ4n) is 0.933. The van der Waals surface area contributed by atoms with Crippen LogP contribution in [0.1, 0.15) is 0 Å². The van der Waals surface area contributed by atoms with E-state index in [2.05, 4.69) is 15.9 Å². The monoisotopic (exact) mass is 366 g/mol. The Hall–Kier alpha value is -0.510. The number of benzene rings is 1. The molecule has 0 unspecified atom stereocenters. The summed E-state index contributed by atoms with van der Waals surface area (Å²) < 4.78 is 62.1. The van der Waals surface area contributed by atoms with Gasteiger partial charge in [-0.2, -0.15) is 26.3 Å². The highest BCUT2D eigenvalue weighted by atomic mass is 79.9. The maximum absolute atomic E-state index is 11.9. The number of rotatable bonds is 4. The van der Waals surface area contributed by atoms with E-state index in [-0.39, 0.29) is 10.7 Å². The van der Waals surface area contributed by atoms with E-state index in [1.807, 2.05) is 4.72 Å². The molecule has 18 heavy (non-hydrogen) atoms. The van der Waals surface area contributed by atoms with Crippen molar-refractivity contribution in [1.29, 1.82) is 0 Å². The van der Waals surface area contributed by atoms with Crippen LogP contribution in [0.2, 0.25) is 5.02 Å². The maximum Gasteiger partial charge on any atom is 0.402 e. The summed E-state index contributed by atoms with van der Waals surface area (Å²) in [6.07, 6.45) is -4.63. The molecular formula is C8H7BrClF3N2O2S. The van der Waals surface area contributed by atoms with Gasteiger partial charge < -0.3 is 0 Å². The molecule has 1 aromatic rings. The molecule has 0 bridgehead atoms. The Morgan fingerprint density at radius 1 is 1.33 bits per heavy atom. The van der Waals surface area contributed by atoms with Crippen LogP contribution >= 0.6 is 27.5 Å². The third-order valence-electron chi connectivity index (χ3n) is 1.64. The molecule has 0 atom stereocenters. The molecule has 1 aromatic carbocycles. The molecule has 0 aliphatic rings. The molecule has 0 amide bonds. The predicted octanol–water partition coefficient (Wildman–Crippen LogP) is 2.91. The molecule has 4 nitrogen and oxygen atoms in total. The lowest BCUT2D eigenvalue weighted by Crippen LogP contribution is -2.37. The Kier molecular flexibility index (Phi) is 4.87. The van der Waals surface area contributed by atoms with Crippen LogP contribution in [-0.2, 0) is 10.2 Å². The zero-order chi connectivity index (χ0) is 14.0. The summed E-state index contributed by atoms with van der Waals surface area (Å²) in [5.41, 5.74) is -0.0271. The summed E-state index contributed by atoms with van der Waals surface area (Å²) in [4.78, 5) is 0. The minimum atomic E-state index is -4.63. The van der Waals surface area contributed by atoms with Crippen LogP contribution in [0.4, 0.5) is 18.9 Å². The van der Waals surface area contributed by atoms with Crippen molar-refractivity contribution < 1.29 is 21.6 Å². The molecule has 10 heteroatoms. The summed E-state index contributed by atoms with van der Waals surface area (Å²) in [5.74, 6) is 0. The SMILES string of the molecule is O=S(=O)(NCC(F)(F)F)Nc1cc(Br)ccc1Cl. The number of hydrogen-bond acceptors (Lipinski definition) is 2. The Balaban J connectivity index is 2.80. The van der Waals surface area contributed by atoms with Gasteiger partial charge in [0.1, 0.15) is 6.54 Å². The molecule has 0 aromatic heterocycles. The van der Waals surface area contributed by atoms with Crippen LogP contribution < -0.4 is 9.44 Å². The molecule has 0 aliphatic carbocycles.